The van der Waals surface area contributed by atoms with Crippen molar-refractivity contribution in [2.75, 3.05) is 11.7 Å². The van der Waals surface area contributed by atoms with Gasteiger partial charge in [-0.2, -0.15) is 5.26 Å². The average molecular weight is 860 g/mol. The molecule has 0 atom stereocenters. The molecule has 0 spiro atoms. The lowest BCUT2D eigenvalue weighted by Crippen LogP contribution is -2.06. The predicted octanol–water partition coefficient (Wildman–Crippen LogP) is 14.0. The van der Waals surface area contributed by atoms with Crippen molar-refractivity contribution in [3.8, 4) is 6.07 Å². The summed E-state index contributed by atoms with van der Waals surface area (Å²) in [6, 6.07) is 51.3. The lowest BCUT2D eigenvalue weighted by atomic mass is 9.93. The van der Waals surface area contributed by atoms with Gasteiger partial charge in [0.15, 0.2) is 12.6 Å². The van der Waals surface area contributed by atoms with Gasteiger partial charge in [-0.15, -0.1) is 22.7 Å². The van der Waals surface area contributed by atoms with Crippen LogP contribution in [0.5, 0.6) is 0 Å². The van der Waals surface area contributed by atoms with Crippen LogP contribution in [-0.4, -0.2) is 23.0 Å². The van der Waals surface area contributed by atoms with Crippen LogP contribution in [0, 0.1) is 31.8 Å². The van der Waals surface area contributed by atoms with Gasteiger partial charge in [-0.05, 0) is 136 Å². The third-order valence-electron chi connectivity index (χ3n) is 10.1. The van der Waals surface area contributed by atoms with Gasteiger partial charge in [-0.3, -0.25) is 9.69 Å². The van der Waals surface area contributed by atoms with E-state index in [1.54, 1.807) is 40.9 Å². The highest BCUT2D eigenvalue weighted by molar-refractivity contribution is 7.19. The van der Waals surface area contributed by atoms with Gasteiger partial charge in [0.25, 0.3) is 5.70 Å². The van der Waals surface area contributed by atoms with Gasteiger partial charge in [-0.1, -0.05) is 121 Å². The fourth-order valence-electron chi connectivity index (χ4n) is 6.60. The smallest absolute Gasteiger partial charge is 0.333 e. The summed E-state index contributed by atoms with van der Waals surface area (Å²) in [6.45, 7) is 10.8. The van der Waals surface area contributed by atoms with Crippen molar-refractivity contribution >= 4 is 92.4 Å². The first-order valence-corrected chi connectivity index (χ1v) is 21.5. The molecule has 0 aliphatic carbocycles. The molecule has 0 amide bonds. The van der Waals surface area contributed by atoms with E-state index in [1.807, 2.05) is 54.6 Å². The second kappa shape index (κ2) is 20.7. The maximum atomic E-state index is 11.3. The van der Waals surface area contributed by atoms with Crippen LogP contribution in [0.2, 0.25) is 0 Å². The van der Waals surface area contributed by atoms with Crippen molar-refractivity contribution < 1.29 is 19.7 Å². The van der Waals surface area contributed by atoms with E-state index in [0.717, 1.165) is 58.8 Å². The van der Waals surface area contributed by atoms with Gasteiger partial charge in [0.2, 0.25) is 0 Å². The van der Waals surface area contributed by atoms with Crippen LogP contribution in [0.4, 0.5) is 15.7 Å². The molecule has 308 valence electrons. The summed E-state index contributed by atoms with van der Waals surface area (Å²) < 4.78 is 4.94. The zero-order valence-electron chi connectivity index (χ0n) is 34.5. The van der Waals surface area contributed by atoms with Crippen LogP contribution in [0.15, 0.2) is 157 Å². The molecule has 7 rings (SSSR count). The van der Waals surface area contributed by atoms with E-state index in [-0.39, 0.29) is 11.5 Å². The fraction of sp³-hybridized carbons (Fsp3) is 0.0556. The highest BCUT2D eigenvalue weighted by Gasteiger charge is 2.17. The summed E-state index contributed by atoms with van der Waals surface area (Å²) in [5.74, 6) is -1.20. The van der Waals surface area contributed by atoms with E-state index in [0.29, 0.717) is 5.56 Å². The molecule has 0 aliphatic rings. The minimum Gasteiger partial charge on any atom is -0.486 e. The van der Waals surface area contributed by atoms with E-state index in [1.165, 1.54) is 22.8 Å². The Morgan fingerprint density at radius 2 is 1.21 bits per heavy atom. The van der Waals surface area contributed by atoms with Crippen molar-refractivity contribution in [2.24, 2.45) is 0 Å². The molecule has 7 aromatic rings. The molecule has 0 aliphatic heterocycles. The standard InChI is InChI=1S/C54H41N3O4S2/c1-37-9-22-45(31-38(37)2)50(44-7-5-4-6-8-44)33-42-18-23-46(24-19-42)57(52-29-27-48(62-52)25-20-39-10-14-41(15-11-39)32-47(35-55)61-36-58)53-30-28-49(63-53)26-21-40-12-16-43(17-13-40)34-51(56-3)54(59)60/h4-34,58H,36H2,1-2H3,(H,59,60)/b25-20+,26-21+,47-32+,50-33+,51-34-. The van der Waals surface area contributed by atoms with Crippen molar-refractivity contribution in [2.45, 2.75) is 13.8 Å². The Bertz CT molecular complexity index is 2960. The lowest BCUT2D eigenvalue weighted by Gasteiger charge is -2.22. The summed E-state index contributed by atoms with van der Waals surface area (Å²) in [6.07, 6.45) is 13.4. The second-order valence-corrected chi connectivity index (χ2v) is 16.5. The van der Waals surface area contributed by atoms with Gasteiger partial charge >= 0.3 is 5.97 Å². The number of carboxylic acids is 1. The number of allylic oxidation sites excluding steroid dienone is 1. The maximum absolute atomic E-state index is 11.3. The van der Waals surface area contributed by atoms with Crippen molar-refractivity contribution in [1.29, 1.82) is 5.26 Å². The van der Waals surface area contributed by atoms with Gasteiger partial charge in [0, 0.05) is 15.4 Å². The zero-order chi connectivity index (χ0) is 44.1. The first-order chi connectivity index (χ1) is 30.7. The molecule has 63 heavy (non-hydrogen) atoms. The molecule has 7 nitrogen and oxygen atoms in total. The number of carbonyl (C=O) groups is 1. The molecule has 0 unspecified atom stereocenters. The number of carboxylic acid groups (broad SMARTS) is 1. The first kappa shape index (κ1) is 43.3. The molecule has 0 bridgehead atoms. The Labute approximate surface area is 375 Å². The number of ether oxygens (including phenoxy) is 1. The van der Waals surface area contributed by atoms with Crippen LogP contribution < -0.4 is 4.90 Å². The summed E-state index contributed by atoms with van der Waals surface area (Å²) >= 11 is 3.35. The number of thiophene rings is 2. The summed E-state index contributed by atoms with van der Waals surface area (Å²) in [5.41, 5.74) is 11.1. The summed E-state index contributed by atoms with van der Waals surface area (Å²) in [4.78, 5) is 18.8. The predicted molar refractivity (Wildman–Crippen MR) is 261 cm³/mol. The van der Waals surface area contributed by atoms with Crippen LogP contribution in [0.3, 0.4) is 0 Å². The maximum Gasteiger partial charge on any atom is 0.333 e. The third-order valence-corrected chi connectivity index (χ3v) is 12.1. The van der Waals surface area contributed by atoms with Gasteiger partial charge in [0.05, 0.1) is 6.57 Å². The highest BCUT2D eigenvalue weighted by Crippen LogP contribution is 2.43. The Morgan fingerprint density at radius 1 is 0.667 bits per heavy atom. The van der Waals surface area contributed by atoms with Crippen LogP contribution in [0.25, 0.3) is 53.0 Å². The SMILES string of the molecule is [C-]#[N+]/C(=C\c1ccc(/C=C/c2ccc(N(c3ccc(/C=C(\c4ccccc4)c4ccc(C)c(C)c4)cc3)c3ccc(/C=C/c4ccc(/C=C(\C#N)OCO)cc4)s3)s2)cc1)C(=O)O. The molecule has 9 heteroatoms. The number of aliphatic hydroxyl groups excluding tert-OH is 1. The fourth-order valence-corrected chi connectivity index (χ4v) is 8.55. The monoisotopic (exact) mass is 859 g/mol. The third kappa shape index (κ3) is 11.3. The summed E-state index contributed by atoms with van der Waals surface area (Å²) in [7, 11) is 0. The lowest BCUT2D eigenvalue weighted by molar-refractivity contribution is -0.132. The van der Waals surface area contributed by atoms with Crippen LogP contribution >= 0.6 is 22.7 Å². The zero-order valence-corrected chi connectivity index (χ0v) is 36.1. The van der Waals surface area contributed by atoms with Gasteiger partial charge < -0.3 is 14.9 Å². The van der Waals surface area contributed by atoms with Crippen molar-refractivity contribution in [1.82, 2.24) is 0 Å². The first-order valence-electron chi connectivity index (χ1n) is 19.9. The quantitative estimate of drug-likeness (QED) is 0.0266. The Balaban J connectivity index is 1.19. The van der Waals surface area contributed by atoms with E-state index >= 15 is 0 Å². The molecule has 2 heterocycles. The molecule has 0 radical (unpaired) electrons. The average Bonchev–Trinajstić information content (AvgIpc) is 3.98. The number of rotatable bonds is 15. The number of hydrogen-bond acceptors (Lipinski definition) is 7. The second-order valence-electron chi connectivity index (χ2n) is 14.3. The summed E-state index contributed by atoms with van der Waals surface area (Å²) in [5, 5.41) is 29.6. The Kier molecular flexibility index (Phi) is 14.2. The minimum atomic E-state index is -1.25. The number of nitriles is 1. The molecule has 2 N–H and O–H groups in total. The number of aliphatic carboxylic acids is 1. The van der Waals surface area contributed by atoms with Crippen molar-refractivity contribution in [3.05, 3.63) is 228 Å². The molecule has 0 fully saturated rings. The Hall–Kier alpha value is -7.79. The van der Waals surface area contributed by atoms with Gasteiger partial charge in [0.1, 0.15) is 16.1 Å². The minimum absolute atomic E-state index is 0.0435. The number of aryl methyl sites for hydroxylation is 2. The van der Waals surface area contributed by atoms with Crippen molar-refractivity contribution in [3.63, 3.8) is 0 Å². The van der Waals surface area contributed by atoms with E-state index in [4.69, 9.17) is 16.4 Å². The molecular weight excluding hydrogens is 819 g/mol. The van der Waals surface area contributed by atoms with Gasteiger partial charge in [-0.25, -0.2) is 4.85 Å². The number of nitrogens with zero attached hydrogens (tertiary/aromatic N) is 3. The normalized spacial score (nSPS) is 12.0. The van der Waals surface area contributed by atoms with Crippen LogP contribution in [0.1, 0.15) is 59.8 Å². The number of benzene rings is 5. The van der Waals surface area contributed by atoms with E-state index in [2.05, 4.69) is 139 Å². The number of anilines is 3. The topological polar surface area (TPSA) is 98.2 Å². The number of aliphatic hydroxyl groups is 1. The van der Waals surface area contributed by atoms with E-state index < -0.39 is 12.8 Å². The van der Waals surface area contributed by atoms with Crippen LogP contribution in [-0.2, 0) is 9.53 Å². The number of hydrogen-bond donors (Lipinski definition) is 2. The highest BCUT2D eigenvalue weighted by atomic mass is 32.1. The largest absolute Gasteiger partial charge is 0.486 e. The molecule has 5 aromatic carbocycles. The molecule has 0 saturated heterocycles. The molecule has 0 saturated carbocycles. The van der Waals surface area contributed by atoms with E-state index in [9.17, 15) is 15.2 Å². The Morgan fingerprint density at radius 3 is 1.73 bits per heavy atom. The molecular formula is C54H41N3O4S2. The molecule has 2 aromatic heterocycles.